The quantitative estimate of drug-likeness (QED) is 0.841. The minimum Gasteiger partial charge on any atom is -0.370 e. The van der Waals surface area contributed by atoms with E-state index in [0.29, 0.717) is 0 Å². The van der Waals surface area contributed by atoms with Crippen molar-refractivity contribution in [2.45, 2.75) is 39.2 Å². The van der Waals surface area contributed by atoms with Gasteiger partial charge in [0.05, 0.1) is 11.5 Å². The standard InChI is InChI=1S/C12H20N4/c1-3-11-10(9-16(2)15-11)8-14-12-6-4-5-7-13-12/h9H,3-8H2,1-2H3,(H,13,14). The zero-order valence-electron chi connectivity index (χ0n) is 10.2. The molecule has 4 heteroatoms. The van der Waals surface area contributed by atoms with Gasteiger partial charge in [-0.25, -0.2) is 0 Å². The lowest BCUT2D eigenvalue weighted by atomic mass is 10.1. The highest BCUT2D eigenvalue weighted by molar-refractivity contribution is 5.82. The van der Waals surface area contributed by atoms with Crippen LogP contribution in [0.15, 0.2) is 11.2 Å². The van der Waals surface area contributed by atoms with Crippen molar-refractivity contribution < 1.29 is 0 Å². The van der Waals surface area contributed by atoms with Crippen LogP contribution in [0.25, 0.3) is 0 Å². The van der Waals surface area contributed by atoms with Gasteiger partial charge in [-0.3, -0.25) is 9.67 Å². The van der Waals surface area contributed by atoms with Crippen molar-refractivity contribution in [3.8, 4) is 0 Å². The van der Waals surface area contributed by atoms with E-state index >= 15 is 0 Å². The van der Waals surface area contributed by atoms with Crippen molar-refractivity contribution in [2.75, 3.05) is 6.54 Å². The van der Waals surface area contributed by atoms with Crippen molar-refractivity contribution in [2.24, 2.45) is 12.0 Å². The summed E-state index contributed by atoms with van der Waals surface area (Å²) in [7, 11) is 1.97. The van der Waals surface area contributed by atoms with Crippen LogP contribution < -0.4 is 5.32 Å². The molecule has 1 aromatic heterocycles. The monoisotopic (exact) mass is 220 g/mol. The fraction of sp³-hybridized carbons (Fsp3) is 0.667. The van der Waals surface area contributed by atoms with E-state index in [0.717, 1.165) is 31.8 Å². The Balaban J connectivity index is 1.95. The minimum absolute atomic E-state index is 0.857. The summed E-state index contributed by atoms with van der Waals surface area (Å²) >= 11 is 0. The van der Waals surface area contributed by atoms with Gasteiger partial charge in [-0.05, 0) is 19.3 Å². The summed E-state index contributed by atoms with van der Waals surface area (Å²) in [5, 5.41) is 7.85. The van der Waals surface area contributed by atoms with E-state index in [4.69, 9.17) is 0 Å². The number of nitrogens with one attached hydrogen (secondary N) is 1. The number of aromatic nitrogens is 2. The number of amidine groups is 1. The first-order valence-electron chi connectivity index (χ1n) is 6.08. The molecule has 0 atom stereocenters. The second-order valence-corrected chi connectivity index (χ2v) is 4.27. The van der Waals surface area contributed by atoms with Crippen molar-refractivity contribution in [1.82, 2.24) is 15.1 Å². The van der Waals surface area contributed by atoms with Gasteiger partial charge >= 0.3 is 0 Å². The second kappa shape index (κ2) is 5.14. The fourth-order valence-corrected chi connectivity index (χ4v) is 2.07. The van der Waals surface area contributed by atoms with E-state index in [9.17, 15) is 0 Å². The lowest BCUT2D eigenvalue weighted by molar-refractivity contribution is 0.705. The Kier molecular flexibility index (Phi) is 3.59. The zero-order chi connectivity index (χ0) is 11.4. The smallest absolute Gasteiger partial charge is 0.0965 e. The Morgan fingerprint density at radius 2 is 2.31 bits per heavy atom. The summed E-state index contributed by atoms with van der Waals surface area (Å²) in [5.41, 5.74) is 2.48. The Morgan fingerprint density at radius 3 is 3.00 bits per heavy atom. The van der Waals surface area contributed by atoms with Crippen LogP contribution in [-0.4, -0.2) is 22.2 Å². The molecule has 0 spiro atoms. The lowest BCUT2D eigenvalue weighted by Crippen LogP contribution is -2.25. The summed E-state index contributed by atoms with van der Waals surface area (Å²) in [4.78, 5) is 4.49. The molecule has 0 fully saturated rings. The SMILES string of the molecule is CCc1nn(C)cc1CNC1=NCCCC1. The first-order chi connectivity index (χ1) is 7.79. The summed E-state index contributed by atoms with van der Waals surface area (Å²) < 4.78 is 1.89. The van der Waals surface area contributed by atoms with Crippen LogP contribution in [0.2, 0.25) is 0 Å². The zero-order valence-corrected chi connectivity index (χ0v) is 10.2. The average Bonchev–Trinajstić information content (AvgIpc) is 2.68. The molecule has 1 aromatic rings. The Labute approximate surface area is 96.8 Å². The Hall–Kier alpha value is -1.32. The van der Waals surface area contributed by atoms with Crippen LogP contribution in [0.1, 0.15) is 37.4 Å². The maximum absolute atomic E-state index is 4.49. The van der Waals surface area contributed by atoms with Crippen LogP contribution in [0, 0.1) is 0 Å². The minimum atomic E-state index is 0.857. The van der Waals surface area contributed by atoms with E-state index in [-0.39, 0.29) is 0 Å². The third-order valence-electron chi connectivity index (χ3n) is 2.93. The van der Waals surface area contributed by atoms with Gasteiger partial charge in [0.1, 0.15) is 0 Å². The highest BCUT2D eigenvalue weighted by Crippen LogP contribution is 2.08. The molecular formula is C12H20N4. The van der Waals surface area contributed by atoms with Crippen molar-refractivity contribution in [3.63, 3.8) is 0 Å². The molecule has 4 nitrogen and oxygen atoms in total. The van der Waals surface area contributed by atoms with E-state index in [1.165, 1.54) is 24.1 Å². The molecule has 1 aliphatic heterocycles. The largest absolute Gasteiger partial charge is 0.370 e. The van der Waals surface area contributed by atoms with Crippen molar-refractivity contribution in [1.29, 1.82) is 0 Å². The van der Waals surface area contributed by atoms with Gasteiger partial charge in [0, 0.05) is 38.3 Å². The van der Waals surface area contributed by atoms with Crippen LogP contribution >= 0.6 is 0 Å². The third-order valence-corrected chi connectivity index (χ3v) is 2.93. The number of nitrogens with zero attached hydrogens (tertiary/aromatic N) is 3. The van der Waals surface area contributed by atoms with E-state index in [2.05, 4.69) is 28.5 Å². The summed E-state index contributed by atoms with van der Waals surface area (Å²) in [5.74, 6) is 1.16. The number of aryl methyl sites for hydroxylation is 2. The maximum Gasteiger partial charge on any atom is 0.0965 e. The molecule has 0 radical (unpaired) electrons. The molecule has 2 rings (SSSR count). The normalized spacial score (nSPS) is 16.0. The third kappa shape index (κ3) is 2.62. The van der Waals surface area contributed by atoms with Gasteiger partial charge in [0.25, 0.3) is 0 Å². The lowest BCUT2D eigenvalue weighted by Gasteiger charge is -2.13. The van der Waals surface area contributed by atoms with Crippen LogP contribution in [-0.2, 0) is 20.0 Å². The first-order valence-corrected chi connectivity index (χ1v) is 6.08. The molecular weight excluding hydrogens is 200 g/mol. The fourth-order valence-electron chi connectivity index (χ4n) is 2.07. The molecule has 0 aromatic carbocycles. The highest BCUT2D eigenvalue weighted by atomic mass is 15.3. The molecule has 0 saturated heterocycles. The van der Waals surface area contributed by atoms with E-state index < -0.39 is 0 Å². The molecule has 0 saturated carbocycles. The summed E-state index contributed by atoms with van der Waals surface area (Å²) in [6.45, 7) is 3.98. The summed E-state index contributed by atoms with van der Waals surface area (Å²) in [6, 6.07) is 0. The predicted molar refractivity (Wildman–Crippen MR) is 65.6 cm³/mol. The molecule has 2 heterocycles. The Morgan fingerprint density at radius 1 is 1.44 bits per heavy atom. The Bertz CT molecular complexity index is 378. The molecule has 0 amide bonds. The first kappa shape index (κ1) is 11.2. The number of aliphatic imine (C=N–C) groups is 1. The second-order valence-electron chi connectivity index (χ2n) is 4.27. The van der Waals surface area contributed by atoms with Gasteiger partial charge in [0.15, 0.2) is 0 Å². The molecule has 0 bridgehead atoms. The van der Waals surface area contributed by atoms with Crippen molar-refractivity contribution in [3.05, 3.63) is 17.5 Å². The molecule has 1 aliphatic rings. The number of rotatable bonds is 3. The topological polar surface area (TPSA) is 42.2 Å². The molecule has 16 heavy (non-hydrogen) atoms. The summed E-state index contributed by atoms with van der Waals surface area (Å²) in [6.07, 6.45) is 6.68. The average molecular weight is 220 g/mol. The van der Waals surface area contributed by atoms with Gasteiger partial charge in [0.2, 0.25) is 0 Å². The van der Waals surface area contributed by atoms with Crippen molar-refractivity contribution >= 4 is 5.84 Å². The molecule has 0 unspecified atom stereocenters. The van der Waals surface area contributed by atoms with Crippen LogP contribution in [0.3, 0.4) is 0 Å². The van der Waals surface area contributed by atoms with Crippen LogP contribution in [0.4, 0.5) is 0 Å². The van der Waals surface area contributed by atoms with Gasteiger partial charge in [-0.15, -0.1) is 0 Å². The van der Waals surface area contributed by atoms with Gasteiger partial charge < -0.3 is 5.32 Å². The van der Waals surface area contributed by atoms with Gasteiger partial charge in [-0.1, -0.05) is 6.92 Å². The molecule has 88 valence electrons. The van der Waals surface area contributed by atoms with Crippen LogP contribution in [0.5, 0.6) is 0 Å². The predicted octanol–water partition coefficient (Wildman–Crippen LogP) is 1.65. The van der Waals surface area contributed by atoms with E-state index in [1.807, 2.05) is 11.7 Å². The maximum atomic E-state index is 4.49. The van der Waals surface area contributed by atoms with Gasteiger partial charge in [-0.2, -0.15) is 5.10 Å². The number of hydrogen-bond acceptors (Lipinski definition) is 3. The highest BCUT2D eigenvalue weighted by Gasteiger charge is 2.08. The molecule has 1 N–H and O–H groups in total. The van der Waals surface area contributed by atoms with E-state index in [1.54, 1.807) is 0 Å². The number of hydrogen-bond donors (Lipinski definition) is 1. The molecule has 0 aliphatic carbocycles.